The van der Waals surface area contributed by atoms with E-state index in [0.717, 1.165) is 77.0 Å². The summed E-state index contributed by atoms with van der Waals surface area (Å²) in [6.45, 7) is 4.66. The van der Waals surface area contributed by atoms with Gasteiger partial charge in [-0.1, -0.05) is 238 Å². The summed E-state index contributed by atoms with van der Waals surface area (Å²) in [5, 5.41) is 9.81. The van der Waals surface area contributed by atoms with E-state index in [1.54, 1.807) is 0 Å². The van der Waals surface area contributed by atoms with Gasteiger partial charge in [0.05, 0.1) is 19.8 Å². The molecule has 0 aliphatic carbocycles. The first kappa shape index (κ1) is 70.0. The molecular formula is C60H113O11P. The molecule has 0 aromatic heterocycles. The maximum atomic E-state index is 12.9. The molecule has 3 unspecified atom stereocenters. The van der Waals surface area contributed by atoms with Crippen molar-refractivity contribution in [2.75, 3.05) is 26.4 Å². The van der Waals surface area contributed by atoms with Crippen molar-refractivity contribution in [2.45, 2.75) is 315 Å². The van der Waals surface area contributed by atoms with Gasteiger partial charge in [-0.2, -0.15) is 0 Å². The number of hydrogen-bond acceptors (Lipinski definition) is 10. The second-order valence-electron chi connectivity index (χ2n) is 20.5. The Kier molecular flexibility index (Phi) is 53.6. The van der Waals surface area contributed by atoms with E-state index in [4.69, 9.17) is 23.3 Å². The lowest BCUT2D eigenvalue weighted by atomic mass is 10.0. The molecule has 0 aromatic rings. The number of esters is 3. The molecule has 0 bridgehead atoms. The number of phosphoric ester groups is 1. The van der Waals surface area contributed by atoms with Crippen LogP contribution in [0.2, 0.25) is 0 Å². The Balaban J connectivity index is 4.65. The maximum absolute atomic E-state index is 12.9. The van der Waals surface area contributed by atoms with Gasteiger partial charge in [-0.25, -0.2) is 4.57 Å². The van der Waals surface area contributed by atoms with Crippen LogP contribution in [0.25, 0.3) is 0 Å². The van der Waals surface area contributed by atoms with Crippen LogP contribution in [0.3, 0.4) is 0 Å². The molecule has 0 rings (SSSR count). The van der Waals surface area contributed by atoms with Crippen molar-refractivity contribution in [3.8, 4) is 0 Å². The van der Waals surface area contributed by atoms with Gasteiger partial charge in [0.15, 0.2) is 6.10 Å². The lowest BCUT2D eigenvalue weighted by Gasteiger charge is -2.21. The molecule has 0 fully saturated rings. The lowest BCUT2D eigenvalue weighted by molar-refractivity contribution is -0.161. The molecular weight excluding hydrogens is 928 g/mol. The van der Waals surface area contributed by atoms with E-state index in [1.807, 2.05) is 0 Å². The van der Waals surface area contributed by atoms with Crippen molar-refractivity contribution >= 4 is 25.7 Å². The first-order valence-electron chi connectivity index (χ1n) is 30.2. The van der Waals surface area contributed by atoms with Crippen molar-refractivity contribution in [1.29, 1.82) is 0 Å². The van der Waals surface area contributed by atoms with E-state index in [2.05, 4.69) is 45.1 Å². The number of carbonyl (C=O) groups is 3. The van der Waals surface area contributed by atoms with E-state index in [0.29, 0.717) is 19.3 Å². The third-order valence-corrected chi connectivity index (χ3v) is 14.3. The van der Waals surface area contributed by atoms with Gasteiger partial charge in [-0.05, 0) is 70.6 Å². The molecule has 0 saturated carbocycles. The number of unbranched alkanes of at least 4 members (excludes halogenated alkanes) is 36. The van der Waals surface area contributed by atoms with Gasteiger partial charge in [-0.15, -0.1) is 0 Å². The SMILES string of the molecule is CCCCCC/C=C\CCCCCCCC(=O)OC(COC(=O)CCCCCCCCCCC/C=C\CCCCCCCC)COP(=O)(O)OCC(CO)OC(=O)CCCCCCCCCCCCCCC. The third-order valence-electron chi connectivity index (χ3n) is 13.3. The van der Waals surface area contributed by atoms with Gasteiger partial charge in [0.25, 0.3) is 0 Å². The number of rotatable bonds is 57. The molecule has 0 aromatic carbocycles. The van der Waals surface area contributed by atoms with Gasteiger partial charge in [-0.3, -0.25) is 23.4 Å². The Morgan fingerprint density at radius 2 is 0.639 bits per heavy atom. The minimum atomic E-state index is -4.74. The maximum Gasteiger partial charge on any atom is 0.472 e. The minimum absolute atomic E-state index is 0.162. The molecule has 0 saturated heterocycles. The average molecular weight is 1040 g/mol. The third kappa shape index (κ3) is 52.8. The zero-order valence-electron chi connectivity index (χ0n) is 46.9. The number of aliphatic hydroxyl groups is 1. The fourth-order valence-electron chi connectivity index (χ4n) is 8.70. The normalized spacial score (nSPS) is 13.5. The topological polar surface area (TPSA) is 155 Å². The summed E-state index contributed by atoms with van der Waals surface area (Å²) in [6.07, 6.45) is 55.6. The Hall–Kier alpha value is -2.04. The van der Waals surface area contributed by atoms with Crippen LogP contribution in [0.5, 0.6) is 0 Å². The molecule has 2 N–H and O–H groups in total. The van der Waals surface area contributed by atoms with E-state index in [9.17, 15) is 28.9 Å². The molecule has 0 spiro atoms. The second-order valence-corrected chi connectivity index (χ2v) is 22.0. The van der Waals surface area contributed by atoms with Crippen LogP contribution in [0, 0.1) is 0 Å². The number of ether oxygens (including phenoxy) is 3. The standard InChI is InChI=1S/C60H113O11P/c1-4-7-10-13-16-19-22-25-26-27-28-29-30-33-34-37-40-43-46-49-58(62)67-53-57(71-60(64)51-48-45-42-39-36-32-24-21-18-15-12-9-6-3)55-69-72(65,66)68-54-56(52-61)70-59(63)50-47-44-41-38-35-31-23-20-17-14-11-8-5-2/h21,24-26,56-57,61H,4-20,22-23,27-55H2,1-3H3,(H,65,66)/b24-21-,26-25-. The number of aliphatic hydroxyl groups excluding tert-OH is 1. The Bertz CT molecular complexity index is 1310. The van der Waals surface area contributed by atoms with Crippen LogP contribution < -0.4 is 0 Å². The zero-order chi connectivity index (χ0) is 52.7. The first-order valence-corrected chi connectivity index (χ1v) is 31.7. The van der Waals surface area contributed by atoms with E-state index in [1.165, 1.54) is 167 Å². The highest BCUT2D eigenvalue weighted by atomic mass is 31.2. The van der Waals surface area contributed by atoms with Crippen LogP contribution >= 0.6 is 7.82 Å². The Morgan fingerprint density at radius 3 is 0.972 bits per heavy atom. The van der Waals surface area contributed by atoms with Crippen molar-refractivity contribution in [3.05, 3.63) is 24.3 Å². The van der Waals surface area contributed by atoms with Crippen LogP contribution in [0.15, 0.2) is 24.3 Å². The summed E-state index contributed by atoms with van der Waals surface area (Å²) in [6, 6.07) is 0. The monoisotopic (exact) mass is 1040 g/mol. The second kappa shape index (κ2) is 55.2. The van der Waals surface area contributed by atoms with Crippen molar-refractivity contribution in [2.24, 2.45) is 0 Å². The summed E-state index contributed by atoms with van der Waals surface area (Å²) < 4.78 is 39.5. The highest BCUT2D eigenvalue weighted by Gasteiger charge is 2.28. The highest BCUT2D eigenvalue weighted by Crippen LogP contribution is 2.43. The molecule has 0 heterocycles. The number of phosphoric acid groups is 1. The van der Waals surface area contributed by atoms with Crippen LogP contribution in [0.4, 0.5) is 0 Å². The summed E-state index contributed by atoms with van der Waals surface area (Å²) in [5.41, 5.74) is 0. The molecule has 72 heavy (non-hydrogen) atoms. The summed E-state index contributed by atoms with van der Waals surface area (Å²) in [5.74, 6) is -1.45. The molecule has 12 heteroatoms. The fourth-order valence-corrected chi connectivity index (χ4v) is 9.48. The summed E-state index contributed by atoms with van der Waals surface area (Å²) in [7, 11) is -4.74. The van der Waals surface area contributed by atoms with E-state index >= 15 is 0 Å². The van der Waals surface area contributed by atoms with Gasteiger partial charge in [0.2, 0.25) is 0 Å². The predicted octanol–water partition coefficient (Wildman–Crippen LogP) is 17.8. The smallest absolute Gasteiger partial charge is 0.462 e. The first-order chi connectivity index (χ1) is 35.2. The quantitative estimate of drug-likeness (QED) is 0.0197. The van der Waals surface area contributed by atoms with Crippen molar-refractivity contribution < 1.29 is 52.2 Å². The van der Waals surface area contributed by atoms with Gasteiger partial charge in [0.1, 0.15) is 12.7 Å². The van der Waals surface area contributed by atoms with Crippen LogP contribution in [0.1, 0.15) is 303 Å². The Labute approximate surface area is 442 Å². The molecule has 0 aliphatic heterocycles. The fraction of sp³-hybridized carbons (Fsp3) is 0.883. The predicted molar refractivity (Wildman–Crippen MR) is 298 cm³/mol. The van der Waals surface area contributed by atoms with Crippen molar-refractivity contribution in [3.63, 3.8) is 0 Å². The zero-order valence-corrected chi connectivity index (χ0v) is 47.8. The van der Waals surface area contributed by atoms with Crippen LogP contribution in [-0.4, -0.2) is 66.5 Å². The van der Waals surface area contributed by atoms with Crippen molar-refractivity contribution in [1.82, 2.24) is 0 Å². The molecule has 0 amide bonds. The van der Waals surface area contributed by atoms with E-state index < -0.39 is 57.8 Å². The van der Waals surface area contributed by atoms with Gasteiger partial charge < -0.3 is 24.2 Å². The molecule has 0 radical (unpaired) electrons. The summed E-state index contributed by atoms with van der Waals surface area (Å²) >= 11 is 0. The van der Waals surface area contributed by atoms with E-state index in [-0.39, 0.29) is 25.9 Å². The molecule has 424 valence electrons. The van der Waals surface area contributed by atoms with Gasteiger partial charge >= 0.3 is 25.7 Å². The minimum Gasteiger partial charge on any atom is -0.462 e. The molecule has 0 aliphatic rings. The van der Waals surface area contributed by atoms with Gasteiger partial charge in [0, 0.05) is 19.3 Å². The Morgan fingerprint density at radius 1 is 0.375 bits per heavy atom. The number of carbonyl (C=O) groups excluding carboxylic acids is 3. The summed E-state index contributed by atoms with van der Waals surface area (Å²) in [4.78, 5) is 48.5. The largest absolute Gasteiger partial charge is 0.472 e. The number of hydrogen-bond donors (Lipinski definition) is 2. The van der Waals surface area contributed by atoms with Crippen LogP contribution in [-0.2, 0) is 42.2 Å². The molecule has 11 nitrogen and oxygen atoms in total. The average Bonchev–Trinajstić information content (AvgIpc) is 3.37. The number of allylic oxidation sites excluding steroid dienone is 4. The molecule has 3 atom stereocenters. The highest BCUT2D eigenvalue weighted by molar-refractivity contribution is 7.47. The lowest BCUT2D eigenvalue weighted by Crippen LogP contribution is -2.30.